The molecular weight excluding hydrogens is 322 g/mol. The summed E-state index contributed by atoms with van der Waals surface area (Å²) in [6.07, 6.45) is 0.386. The molecular formula is C15H19NO6S. The molecule has 0 saturated carbocycles. The molecule has 1 aromatic carbocycles. The molecule has 1 N–H and O–H groups in total. The Morgan fingerprint density at radius 3 is 2.70 bits per heavy atom. The van der Waals surface area contributed by atoms with Crippen LogP contribution in [0.1, 0.15) is 22.3 Å². The van der Waals surface area contributed by atoms with Crippen molar-refractivity contribution in [3.8, 4) is 5.75 Å². The fourth-order valence-corrected chi connectivity index (χ4v) is 4.01. The standard InChI is InChI=1S/C15H19NO6S/c1-10-3-4-11(7-13(10)21-2)15(18)22-8-14(17)16-12-5-6-23(19,20)9-12/h3-4,7,12H,5-6,8-9H2,1-2H3,(H,16,17)/t12-/m0/s1. The zero-order valence-electron chi connectivity index (χ0n) is 13.0. The minimum Gasteiger partial charge on any atom is -0.496 e. The monoisotopic (exact) mass is 341 g/mol. The van der Waals surface area contributed by atoms with Crippen LogP contribution < -0.4 is 10.1 Å². The fourth-order valence-electron chi connectivity index (χ4n) is 2.34. The van der Waals surface area contributed by atoms with Gasteiger partial charge in [0.25, 0.3) is 5.91 Å². The lowest BCUT2D eigenvalue weighted by Crippen LogP contribution is -2.38. The Kier molecular flexibility index (Phi) is 5.25. The second-order valence-corrected chi connectivity index (χ2v) is 7.66. The average Bonchev–Trinajstić information content (AvgIpc) is 2.84. The number of benzene rings is 1. The highest BCUT2D eigenvalue weighted by Gasteiger charge is 2.29. The van der Waals surface area contributed by atoms with Crippen LogP contribution in [0.4, 0.5) is 0 Å². The highest BCUT2D eigenvalue weighted by molar-refractivity contribution is 7.91. The molecule has 1 aromatic rings. The highest BCUT2D eigenvalue weighted by atomic mass is 32.2. The first kappa shape index (κ1) is 17.3. The molecule has 1 heterocycles. The Morgan fingerprint density at radius 1 is 1.35 bits per heavy atom. The van der Waals surface area contributed by atoms with Gasteiger partial charge in [-0.2, -0.15) is 0 Å². The molecule has 1 aliphatic heterocycles. The lowest BCUT2D eigenvalue weighted by molar-refractivity contribution is -0.124. The van der Waals surface area contributed by atoms with Crippen molar-refractivity contribution in [2.75, 3.05) is 25.2 Å². The van der Waals surface area contributed by atoms with E-state index in [0.717, 1.165) is 5.56 Å². The van der Waals surface area contributed by atoms with E-state index in [1.165, 1.54) is 7.11 Å². The number of sulfone groups is 1. The molecule has 1 fully saturated rings. The van der Waals surface area contributed by atoms with E-state index in [1.54, 1.807) is 18.2 Å². The third kappa shape index (κ3) is 4.69. The molecule has 23 heavy (non-hydrogen) atoms. The lowest BCUT2D eigenvalue weighted by Gasteiger charge is -2.11. The molecule has 1 atom stereocenters. The molecule has 1 aliphatic rings. The minimum atomic E-state index is -3.06. The Hall–Kier alpha value is -2.09. The summed E-state index contributed by atoms with van der Waals surface area (Å²) in [5, 5.41) is 2.55. The predicted molar refractivity (Wildman–Crippen MR) is 83.2 cm³/mol. The van der Waals surface area contributed by atoms with Crippen LogP contribution in [0.15, 0.2) is 18.2 Å². The molecule has 0 bridgehead atoms. The Labute approximate surface area is 134 Å². The maximum Gasteiger partial charge on any atom is 0.338 e. The molecule has 0 aromatic heterocycles. The second-order valence-electron chi connectivity index (χ2n) is 5.43. The summed E-state index contributed by atoms with van der Waals surface area (Å²) in [6.45, 7) is 1.39. The summed E-state index contributed by atoms with van der Waals surface area (Å²) in [5.74, 6) is -0.597. The van der Waals surface area contributed by atoms with Crippen molar-refractivity contribution in [3.05, 3.63) is 29.3 Å². The zero-order valence-corrected chi connectivity index (χ0v) is 13.8. The van der Waals surface area contributed by atoms with Gasteiger partial charge in [0.15, 0.2) is 16.4 Å². The van der Waals surface area contributed by atoms with Gasteiger partial charge in [-0.15, -0.1) is 0 Å². The van der Waals surface area contributed by atoms with E-state index in [4.69, 9.17) is 9.47 Å². The molecule has 1 saturated heterocycles. The van der Waals surface area contributed by atoms with Crippen molar-refractivity contribution in [1.29, 1.82) is 0 Å². The van der Waals surface area contributed by atoms with E-state index in [-0.39, 0.29) is 17.1 Å². The topological polar surface area (TPSA) is 98.8 Å². The van der Waals surface area contributed by atoms with Gasteiger partial charge in [0.2, 0.25) is 0 Å². The Morgan fingerprint density at radius 2 is 2.09 bits per heavy atom. The molecule has 7 nitrogen and oxygen atoms in total. The molecule has 0 radical (unpaired) electrons. The van der Waals surface area contributed by atoms with Crippen LogP contribution in [0, 0.1) is 6.92 Å². The molecule has 126 valence electrons. The van der Waals surface area contributed by atoms with Gasteiger partial charge in [0.1, 0.15) is 5.75 Å². The van der Waals surface area contributed by atoms with E-state index in [0.29, 0.717) is 12.2 Å². The summed E-state index contributed by atoms with van der Waals surface area (Å²) in [7, 11) is -1.56. The number of carbonyl (C=O) groups is 2. The van der Waals surface area contributed by atoms with E-state index in [2.05, 4.69) is 5.32 Å². The zero-order chi connectivity index (χ0) is 17.0. The largest absolute Gasteiger partial charge is 0.496 e. The summed E-state index contributed by atoms with van der Waals surface area (Å²) >= 11 is 0. The molecule has 8 heteroatoms. The van der Waals surface area contributed by atoms with Crippen molar-refractivity contribution in [1.82, 2.24) is 5.32 Å². The fraction of sp³-hybridized carbons (Fsp3) is 0.467. The van der Waals surface area contributed by atoms with Crippen LogP contribution >= 0.6 is 0 Å². The smallest absolute Gasteiger partial charge is 0.338 e. The number of carbonyl (C=O) groups excluding carboxylic acids is 2. The molecule has 0 spiro atoms. The van der Waals surface area contributed by atoms with Crippen molar-refractivity contribution in [2.24, 2.45) is 0 Å². The number of hydrogen-bond acceptors (Lipinski definition) is 6. The maximum absolute atomic E-state index is 11.9. The van der Waals surface area contributed by atoms with Crippen LogP contribution in [-0.2, 0) is 19.4 Å². The van der Waals surface area contributed by atoms with Crippen LogP contribution in [-0.4, -0.2) is 51.6 Å². The summed E-state index contributed by atoms with van der Waals surface area (Å²) in [4.78, 5) is 23.6. The van der Waals surface area contributed by atoms with E-state index >= 15 is 0 Å². The van der Waals surface area contributed by atoms with Gasteiger partial charge >= 0.3 is 5.97 Å². The Bertz CT molecular complexity index is 713. The van der Waals surface area contributed by atoms with Gasteiger partial charge in [0, 0.05) is 6.04 Å². The van der Waals surface area contributed by atoms with Gasteiger partial charge in [-0.3, -0.25) is 4.79 Å². The second kappa shape index (κ2) is 6.99. The van der Waals surface area contributed by atoms with Crippen molar-refractivity contribution in [2.45, 2.75) is 19.4 Å². The quantitative estimate of drug-likeness (QED) is 0.782. The maximum atomic E-state index is 11.9. The first-order valence-corrected chi connectivity index (χ1v) is 8.94. The van der Waals surface area contributed by atoms with E-state index < -0.39 is 34.4 Å². The summed E-state index contributed by atoms with van der Waals surface area (Å²) in [6, 6.07) is 4.44. The van der Waals surface area contributed by atoms with Crippen molar-refractivity contribution < 1.29 is 27.5 Å². The van der Waals surface area contributed by atoms with Crippen molar-refractivity contribution >= 4 is 21.7 Å². The number of rotatable bonds is 5. The van der Waals surface area contributed by atoms with Gasteiger partial charge in [0.05, 0.1) is 24.2 Å². The van der Waals surface area contributed by atoms with Gasteiger partial charge < -0.3 is 14.8 Å². The van der Waals surface area contributed by atoms with Gasteiger partial charge in [-0.05, 0) is 31.0 Å². The lowest BCUT2D eigenvalue weighted by atomic mass is 10.1. The number of ether oxygens (including phenoxy) is 2. The van der Waals surface area contributed by atoms with Crippen LogP contribution in [0.25, 0.3) is 0 Å². The van der Waals surface area contributed by atoms with E-state index in [1.807, 2.05) is 6.92 Å². The van der Waals surface area contributed by atoms with Crippen LogP contribution in [0.5, 0.6) is 5.75 Å². The van der Waals surface area contributed by atoms with E-state index in [9.17, 15) is 18.0 Å². The highest BCUT2D eigenvalue weighted by Crippen LogP contribution is 2.19. The first-order chi connectivity index (χ1) is 10.8. The molecule has 0 unspecified atom stereocenters. The first-order valence-electron chi connectivity index (χ1n) is 7.12. The third-order valence-electron chi connectivity index (χ3n) is 3.58. The number of esters is 1. The number of amides is 1. The van der Waals surface area contributed by atoms with Crippen LogP contribution in [0.2, 0.25) is 0 Å². The predicted octanol–water partition coefficient (Wildman–Crippen LogP) is 0.464. The number of methoxy groups -OCH3 is 1. The average molecular weight is 341 g/mol. The SMILES string of the molecule is COc1cc(C(=O)OCC(=O)N[C@H]2CCS(=O)(=O)C2)ccc1C. The van der Waals surface area contributed by atoms with Crippen LogP contribution in [0.3, 0.4) is 0 Å². The molecule has 2 rings (SSSR count). The number of hydrogen-bond donors (Lipinski definition) is 1. The number of aryl methyl sites for hydroxylation is 1. The van der Waals surface area contributed by atoms with Crippen molar-refractivity contribution in [3.63, 3.8) is 0 Å². The summed E-state index contributed by atoms with van der Waals surface area (Å²) in [5.41, 5.74) is 1.16. The third-order valence-corrected chi connectivity index (χ3v) is 5.34. The van der Waals surface area contributed by atoms with Gasteiger partial charge in [-0.25, -0.2) is 13.2 Å². The minimum absolute atomic E-state index is 0.0676. The normalized spacial score (nSPS) is 19.1. The number of nitrogens with one attached hydrogen (secondary N) is 1. The summed E-state index contributed by atoms with van der Waals surface area (Å²) < 4.78 is 32.7. The van der Waals surface area contributed by atoms with Gasteiger partial charge in [-0.1, -0.05) is 6.07 Å². The Balaban J connectivity index is 1.85. The molecule has 0 aliphatic carbocycles. The molecule has 1 amide bonds.